The van der Waals surface area contributed by atoms with Gasteiger partial charge in [0.05, 0.1) is 24.4 Å². The molecule has 7 nitrogen and oxygen atoms in total. The average molecular weight is 373 g/mol. The molecule has 1 fully saturated rings. The Morgan fingerprint density at radius 2 is 2.07 bits per heavy atom. The molecule has 27 heavy (non-hydrogen) atoms. The van der Waals surface area contributed by atoms with Crippen molar-refractivity contribution in [1.82, 2.24) is 10.6 Å². The van der Waals surface area contributed by atoms with E-state index in [0.29, 0.717) is 5.76 Å². The summed E-state index contributed by atoms with van der Waals surface area (Å²) in [4.78, 5) is 38.0. The highest BCUT2D eigenvalue weighted by Gasteiger charge is 2.36. The number of furan rings is 1. The Bertz CT molecular complexity index is 837. The fourth-order valence-corrected chi connectivity index (χ4v) is 2.92. The molecule has 2 N–H and O–H groups in total. The quantitative estimate of drug-likeness (QED) is 0.804. The fraction of sp³-hybridized carbons (Fsp3) is 0.316. The maximum Gasteiger partial charge on any atom is 0.242 e. The maximum absolute atomic E-state index is 13.9. The van der Waals surface area contributed by atoms with Crippen LogP contribution in [0.25, 0.3) is 0 Å². The minimum atomic E-state index is -0.773. The second-order valence-electron chi connectivity index (χ2n) is 6.38. The molecule has 1 aliphatic rings. The van der Waals surface area contributed by atoms with E-state index in [1.165, 1.54) is 29.4 Å². The lowest BCUT2D eigenvalue weighted by atomic mass is 10.1. The van der Waals surface area contributed by atoms with E-state index in [-0.39, 0.29) is 37.0 Å². The average Bonchev–Trinajstić information content (AvgIpc) is 3.29. The van der Waals surface area contributed by atoms with Crippen LogP contribution in [0.4, 0.5) is 10.1 Å². The lowest BCUT2D eigenvalue weighted by Gasteiger charge is -2.18. The standard InChI is InChI=1S/C19H20FN3O4/c1-12(18(25)21-10-14-5-4-8-27-14)22-19(26)13-9-17(24)23(11-13)16-7-3-2-6-15(16)20/h2-8,12-13H,9-11H2,1H3,(H,21,25)(H,22,26). The zero-order chi connectivity index (χ0) is 19.4. The van der Waals surface area contributed by atoms with E-state index in [4.69, 9.17) is 4.42 Å². The molecule has 0 saturated carbocycles. The van der Waals surface area contributed by atoms with E-state index in [1.54, 1.807) is 25.1 Å². The van der Waals surface area contributed by atoms with Gasteiger partial charge in [-0.1, -0.05) is 12.1 Å². The van der Waals surface area contributed by atoms with Crippen LogP contribution in [-0.2, 0) is 20.9 Å². The number of hydrogen-bond donors (Lipinski definition) is 2. The smallest absolute Gasteiger partial charge is 0.242 e. The Balaban J connectivity index is 1.54. The molecule has 1 aromatic heterocycles. The van der Waals surface area contributed by atoms with Crippen LogP contribution in [-0.4, -0.2) is 30.3 Å². The number of nitrogens with one attached hydrogen (secondary N) is 2. The van der Waals surface area contributed by atoms with E-state index in [0.717, 1.165) is 0 Å². The molecule has 2 atom stereocenters. The molecule has 0 radical (unpaired) electrons. The van der Waals surface area contributed by atoms with E-state index in [2.05, 4.69) is 10.6 Å². The van der Waals surface area contributed by atoms with Crippen LogP contribution in [0.5, 0.6) is 0 Å². The van der Waals surface area contributed by atoms with Gasteiger partial charge in [0.1, 0.15) is 17.6 Å². The second-order valence-corrected chi connectivity index (χ2v) is 6.38. The Hall–Kier alpha value is -3.16. The molecule has 142 valence electrons. The third kappa shape index (κ3) is 4.33. The Morgan fingerprint density at radius 1 is 1.30 bits per heavy atom. The van der Waals surface area contributed by atoms with Gasteiger partial charge in [0.2, 0.25) is 17.7 Å². The van der Waals surface area contributed by atoms with Crippen molar-refractivity contribution in [3.05, 3.63) is 54.2 Å². The molecule has 0 aliphatic carbocycles. The maximum atomic E-state index is 13.9. The number of rotatable bonds is 6. The number of halogens is 1. The molecule has 2 unspecified atom stereocenters. The van der Waals surface area contributed by atoms with Crippen molar-refractivity contribution in [2.45, 2.75) is 25.9 Å². The van der Waals surface area contributed by atoms with Gasteiger partial charge in [0.25, 0.3) is 0 Å². The first-order valence-electron chi connectivity index (χ1n) is 8.61. The molecule has 1 aromatic carbocycles. The zero-order valence-electron chi connectivity index (χ0n) is 14.8. The summed E-state index contributed by atoms with van der Waals surface area (Å²) in [6, 6.07) is 8.59. The highest BCUT2D eigenvalue weighted by Crippen LogP contribution is 2.27. The molecule has 0 spiro atoms. The third-order valence-electron chi connectivity index (χ3n) is 4.41. The lowest BCUT2D eigenvalue weighted by molar-refractivity contribution is -0.131. The van der Waals surface area contributed by atoms with Crippen LogP contribution >= 0.6 is 0 Å². The fourth-order valence-electron chi connectivity index (χ4n) is 2.92. The monoisotopic (exact) mass is 373 g/mol. The number of hydrogen-bond acceptors (Lipinski definition) is 4. The number of amides is 3. The van der Waals surface area contributed by atoms with E-state index < -0.39 is 23.7 Å². The van der Waals surface area contributed by atoms with Crippen LogP contribution in [0.1, 0.15) is 19.1 Å². The molecule has 0 bridgehead atoms. The summed E-state index contributed by atoms with van der Waals surface area (Å²) in [5.74, 6) is -1.66. The molecule has 1 saturated heterocycles. The Kier molecular flexibility index (Phi) is 5.54. The number of carbonyl (C=O) groups is 3. The summed E-state index contributed by atoms with van der Waals surface area (Å²) in [5.41, 5.74) is 0.155. The summed E-state index contributed by atoms with van der Waals surface area (Å²) in [7, 11) is 0. The van der Waals surface area contributed by atoms with Crippen molar-refractivity contribution in [3.8, 4) is 0 Å². The molecule has 1 aliphatic heterocycles. The van der Waals surface area contributed by atoms with Crippen molar-refractivity contribution in [1.29, 1.82) is 0 Å². The molecule has 2 heterocycles. The van der Waals surface area contributed by atoms with Gasteiger partial charge in [0, 0.05) is 13.0 Å². The lowest BCUT2D eigenvalue weighted by Crippen LogP contribution is -2.46. The Labute approximate surface area is 155 Å². The van der Waals surface area contributed by atoms with Crippen LogP contribution in [0, 0.1) is 11.7 Å². The minimum Gasteiger partial charge on any atom is -0.467 e. The van der Waals surface area contributed by atoms with Crippen molar-refractivity contribution in [2.24, 2.45) is 5.92 Å². The van der Waals surface area contributed by atoms with Crippen LogP contribution in [0.3, 0.4) is 0 Å². The number of carbonyl (C=O) groups excluding carboxylic acids is 3. The van der Waals surface area contributed by atoms with Crippen molar-refractivity contribution >= 4 is 23.4 Å². The van der Waals surface area contributed by atoms with E-state index >= 15 is 0 Å². The van der Waals surface area contributed by atoms with Crippen molar-refractivity contribution in [2.75, 3.05) is 11.4 Å². The van der Waals surface area contributed by atoms with E-state index in [9.17, 15) is 18.8 Å². The molecular formula is C19H20FN3O4. The molecule has 3 rings (SSSR count). The predicted octanol–water partition coefficient (Wildman–Crippen LogP) is 1.59. The second kappa shape index (κ2) is 8.03. The first kappa shape index (κ1) is 18.6. The van der Waals surface area contributed by atoms with Gasteiger partial charge in [-0.2, -0.15) is 0 Å². The first-order chi connectivity index (χ1) is 13.0. The normalized spacial score (nSPS) is 17.6. The number of benzene rings is 1. The van der Waals surface area contributed by atoms with Gasteiger partial charge in [-0.3, -0.25) is 14.4 Å². The first-order valence-corrected chi connectivity index (χ1v) is 8.61. The molecule has 2 aromatic rings. The number of anilines is 1. The summed E-state index contributed by atoms with van der Waals surface area (Å²) in [6.45, 7) is 1.85. The zero-order valence-corrected chi connectivity index (χ0v) is 14.8. The predicted molar refractivity (Wildman–Crippen MR) is 95.0 cm³/mol. The van der Waals surface area contributed by atoms with Gasteiger partial charge in [-0.25, -0.2) is 4.39 Å². The SMILES string of the molecule is CC(NC(=O)C1CC(=O)N(c2ccccc2F)C1)C(=O)NCc1ccco1. The van der Waals surface area contributed by atoms with E-state index in [1.807, 2.05) is 0 Å². The highest BCUT2D eigenvalue weighted by atomic mass is 19.1. The summed E-state index contributed by atoms with van der Waals surface area (Å²) in [5, 5.41) is 5.26. The van der Waals surface area contributed by atoms with Gasteiger partial charge < -0.3 is 20.0 Å². The van der Waals surface area contributed by atoms with Crippen LogP contribution in [0.2, 0.25) is 0 Å². The van der Waals surface area contributed by atoms with Gasteiger partial charge in [-0.15, -0.1) is 0 Å². The molecule has 8 heteroatoms. The van der Waals surface area contributed by atoms with Crippen LogP contribution < -0.4 is 15.5 Å². The topological polar surface area (TPSA) is 91.7 Å². The highest BCUT2D eigenvalue weighted by molar-refractivity contribution is 6.01. The molecule has 3 amide bonds. The molecular weight excluding hydrogens is 353 g/mol. The number of nitrogens with zero attached hydrogens (tertiary/aromatic N) is 1. The Morgan fingerprint density at radius 3 is 2.78 bits per heavy atom. The summed E-state index contributed by atoms with van der Waals surface area (Å²) in [6.07, 6.45) is 1.48. The van der Waals surface area contributed by atoms with Gasteiger partial charge in [-0.05, 0) is 31.2 Å². The third-order valence-corrected chi connectivity index (χ3v) is 4.41. The van der Waals surface area contributed by atoms with Crippen LogP contribution in [0.15, 0.2) is 47.1 Å². The summed E-state index contributed by atoms with van der Waals surface area (Å²) < 4.78 is 19.0. The minimum absolute atomic E-state index is 0.0269. The van der Waals surface area contributed by atoms with Gasteiger partial charge in [0.15, 0.2) is 0 Å². The largest absolute Gasteiger partial charge is 0.467 e. The number of para-hydroxylation sites is 1. The van der Waals surface area contributed by atoms with Crippen molar-refractivity contribution < 1.29 is 23.2 Å². The van der Waals surface area contributed by atoms with Gasteiger partial charge >= 0.3 is 0 Å². The summed E-state index contributed by atoms with van der Waals surface area (Å²) >= 11 is 0. The van der Waals surface area contributed by atoms with Crippen molar-refractivity contribution in [3.63, 3.8) is 0 Å².